The predicted molar refractivity (Wildman–Crippen MR) is 97.9 cm³/mol. The standard InChI is InChI=1S/C19H19ClF3N3O2/c1-25-16(27)3-2-13(24-25)10-17(28)26-6-4-19(23,5-7-26)11-12-8-14(20)18(22)15(21)9-12/h2-3,8-9H,4-7,10-11H2,1H3. The van der Waals surface area contributed by atoms with Crippen molar-refractivity contribution in [2.75, 3.05) is 13.1 Å². The summed E-state index contributed by atoms with van der Waals surface area (Å²) in [6, 6.07) is 5.01. The van der Waals surface area contributed by atoms with E-state index in [-0.39, 0.29) is 60.8 Å². The van der Waals surface area contributed by atoms with Crippen molar-refractivity contribution in [1.29, 1.82) is 0 Å². The molecule has 0 atom stereocenters. The van der Waals surface area contributed by atoms with Gasteiger partial charge in [0.25, 0.3) is 5.56 Å². The second kappa shape index (κ2) is 7.95. The molecule has 2 aromatic rings. The van der Waals surface area contributed by atoms with Crippen LogP contribution in [-0.2, 0) is 24.7 Å². The molecule has 1 amide bonds. The Labute approximate surface area is 164 Å². The molecule has 5 nitrogen and oxygen atoms in total. The predicted octanol–water partition coefficient (Wildman–Crippen LogP) is 2.83. The highest BCUT2D eigenvalue weighted by Gasteiger charge is 2.36. The zero-order valence-corrected chi connectivity index (χ0v) is 16.0. The molecule has 0 radical (unpaired) electrons. The van der Waals surface area contributed by atoms with Crippen LogP contribution >= 0.6 is 11.6 Å². The number of rotatable bonds is 4. The number of aromatic nitrogens is 2. The van der Waals surface area contributed by atoms with E-state index in [1.54, 1.807) is 4.90 Å². The lowest BCUT2D eigenvalue weighted by Crippen LogP contribution is -2.46. The van der Waals surface area contributed by atoms with Crippen molar-refractivity contribution in [2.24, 2.45) is 7.05 Å². The van der Waals surface area contributed by atoms with E-state index in [0.29, 0.717) is 5.69 Å². The first-order valence-corrected chi connectivity index (χ1v) is 9.18. The molecule has 1 aliphatic heterocycles. The molecular weight excluding hydrogens is 395 g/mol. The van der Waals surface area contributed by atoms with Gasteiger partial charge in [-0.15, -0.1) is 0 Å². The second-order valence-corrected chi connectivity index (χ2v) is 7.45. The van der Waals surface area contributed by atoms with Crippen LogP contribution in [0.15, 0.2) is 29.1 Å². The van der Waals surface area contributed by atoms with Crippen LogP contribution < -0.4 is 5.56 Å². The number of alkyl halides is 1. The summed E-state index contributed by atoms with van der Waals surface area (Å²) >= 11 is 5.63. The molecule has 1 saturated heterocycles. The quantitative estimate of drug-likeness (QED) is 0.724. The van der Waals surface area contributed by atoms with Crippen molar-refractivity contribution < 1.29 is 18.0 Å². The average molecular weight is 414 g/mol. The summed E-state index contributed by atoms with van der Waals surface area (Å²) in [5, 5.41) is 3.64. The molecule has 150 valence electrons. The summed E-state index contributed by atoms with van der Waals surface area (Å²) in [6.45, 7) is 0.414. The molecule has 1 fully saturated rings. The summed E-state index contributed by atoms with van der Waals surface area (Å²) in [7, 11) is 1.50. The van der Waals surface area contributed by atoms with Crippen molar-refractivity contribution in [1.82, 2.24) is 14.7 Å². The Bertz CT molecular complexity index is 933. The van der Waals surface area contributed by atoms with Gasteiger partial charge in [-0.3, -0.25) is 9.59 Å². The fourth-order valence-electron chi connectivity index (χ4n) is 3.32. The summed E-state index contributed by atoms with van der Waals surface area (Å²) in [4.78, 5) is 25.3. The number of nitrogens with zero attached hydrogens (tertiary/aromatic N) is 3. The molecule has 3 rings (SSSR count). The SMILES string of the molecule is Cn1nc(CC(=O)N2CCC(F)(Cc3cc(F)c(F)c(Cl)c3)CC2)ccc1=O. The lowest BCUT2D eigenvalue weighted by Gasteiger charge is -2.36. The summed E-state index contributed by atoms with van der Waals surface area (Å²) in [5.74, 6) is -2.46. The molecule has 0 bridgehead atoms. The lowest BCUT2D eigenvalue weighted by molar-refractivity contribution is -0.133. The molecule has 0 N–H and O–H groups in total. The van der Waals surface area contributed by atoms with E-state index >= 15 is 4.39 Å². The van der Waals surface area contributed by atoms with Gasteiger partial charge < -0.3 is 4.90 Å². The van der Waals surface area contributed by atoms with Gasteiger partial charge in [-0.2, -0.15) is 5.10 Å². The smallest absolute Gasteiger partial charge is 0.266 e. The maximum absolute atomic E-state index is 15.1. The highest BCUT2D eigenvalue weighted by molar-refractivity contribution is 6.30. The van der Waals surface area contributed by atoms with E-state index in [9.17, 15) is 18.4 Å². The summed E-state index contributed by atoms with van der Waals surface area (Å²) < 4.78 is 43.1. The van der Waals surface area contributed by atoms with Gasteiger partial charge in [-0.25, -0.2) is 17.9 Å². The molecule has 1 aromatic carbocycles. The molecule has 9 heteroatoms. The van der Waals surface area contributed by atoms with Crippen LogP contribution in [-0.4, -0.2) is 39.3 Å². The van der Waals surface area contributed by atoms with Crippen molar-refractivity contribution in [3.8, 4) is 0 Å². The van der Waals surface area contributed by atoms with E-state index in [2.05, 4.69) is 5.10 Å². The fraction of sp³-hybridized carbons (Fsp3) is 0.421. The molecule has 0 spiro atoms. The average Bonchev–Trinajstić information content (AvgIpc) is 2.63. The molecule has 0 unspecified atom stereocenters. The monoisotopic (exact) mass is 413 g/mol. The van der Waals surface area contributed by atoms with Crippen LogP contribution in [0.3, 0.4) is 0 Å². The number of piperidine rings is 1. The van der Waals surface area contributed by atoms with Crippen LogP contribution in [0.1, 0.15) is 24.1 Å². The summed E-state index contributed by atoms with van der Waals surface area (Å²) in [6.07, 6.45) is 0.0760. The maximum atomic E-state index is 15.1. The number of benzene rings is 1. The molecule has 0 aliphatic carbocycles. The van der Waals surface area contributed by atoms with Crippen molar-refractivity contribution in [3.63, 3.8) is 0 Å². The first-order chi connectivity index (χ1) is 13.2. The van der Waals surface area contributed by atoms with Crippen LogP contribution in [0.25, 0.3) is 0 Å². The van der Waals surface area contributed by atoms with Crippen molar-refractivity contribution >= 4 is 17.5 Å². The first kappa shape index (κ1) is 20.4. The molecule has 28 heavy (non-hydrogen) atoms. The largest absolute Gasteiger partial charge is 0.342 e. The number of hydrogen-bond donors (Lipinski definition) is 0. The van der Waals surface area contributed by atoms with Crippen LogP contribution in [0.2, 0.25) is 5.02 Å². The minimum absolute atomic E-state index is 0.0200. The Morgan fingerprint density at radius 2 is 1.93 bits per heavy atom. The zero-order valence-electron chi connectivity index (χ0n) is 15.2. The van der Waals surface area contributed by atoms with Crippen LogP contribution in [0.4, 0.5) is 13.2 Å². The van der Waals surface area contributed by atoms with Gasteiger partial charge in [0.15, 0.2) is 11.6 Å². The van der Waals surface area contributed by atoms with Crippen molar-refractivity contribution in [2.45, 2.75) is 31.4 Å². The number of carbonyl (C=O) groups excluding carboxylic acids is 1. The van der Waals surface area contributed by atoms with E-state index in [1.807, 2.05) is 0 Å². The third-order valence-corrected chi connectivity index (χ3v) is 5.20. The van der Waals surface area contributed by atoms with Crippen LogP contribution in [0.5, 0.6) is 0 Å². The third kappa shape index (κ3) is 4.55. The Hall–Kier alpha value is -2.35. The minimum Gasteiger partial charge on any atom is -0.342 e. The Morgan fingerprint density at radius 1 is 1.25 bits per heavy atom. The highest BCUT2D eigenvalue weighted by Crippen LogP contribution is 2.32. The van der Waals surface area contributed by atoms with Gasteiger partial charge in [0.1, 0.15) is 5.67 Å². The highest BCUT2D eigenvalue weighted by atomic mass is 35.5. The number of hydrogen-bond acceptors (Lipinski definition) is 3. The zero-order chi connectivity index (χ0) is 20.5. The van der Waals surface area contributed by atoms with Gasteiger partial charge in [0.05, 0.1) is 17.1 Å². The lowest BCUT2D eigenvalue weighted by atomic mass is 9.87. The van der Waals surface area contributed by atoms with E-state index in [0.717, 1.165) is 10.7 Å². The third-order valence-electron chi connectivity index (χ3n) is 4.92. The van der Waals surface area contributed by atoms with Gasteiger partial charge in [0, 0.05) is 32.6 Å². The second-order valence-electron chi connectivity index (χ2n) is 7.05. The van der Waals surface area contributed by atoms with E-state index in [1.165, 1.54) is 25.2 Å². The molecule has 1 aromatic heterocycles. The summed E-state index contributed by atoms with van der Waals surface area (Å²) in [5.41, 5.74) is -1.16. The molecule has 2 heterocycles. The topological polar surface area (TPSA) is 55.2 Å². The van der Waals surface area contributed by atoms with E-state index < -0.39 is 17.3 Å². The molecule has 1 aliphatic rings. The number of likely N-dealkylation sites (tertiary alicyclic amines) is 1. The van der Waals surface area contributed by atoms with Crippen LogP contribution in [0, 0.1) is 11.6 Å². The Kier molecular flexibility index (Phi) is 5.79. The van der Waals surface area contributed by atoms with Gasteiger partial charge in [-0.05, 0) is 36.6 Å². The number of amides is 1. The van der Waals surface area contributed by atoms with E-state index in [4.69, 9.17) is 11.6 Å². The normalized spacial score (nSPS) is 16.2. The Balaban J connectivity index is 1.60. The fourth-order valence-corrected chi connectivity index (χ4v) is 3.55. The van der Waals surface area contributed by atoms with Gasteiger partial charge >= 0.3 is 0 Å². The van der Waals surface area contributed by atoms with Gasteiger partial charge in [0.2, 0.25) is 5.91 Å². The molecular formula is C19H19ClF3N3O2. The Morgan fingerprint density at radius 3 is 2.54 bits per heavy atom. The number of halogens is 4. The maximum Gasteiger partial charge on any atom is 0.266 e. The minimum atomic E-state index is -1.63. The molecule has 0 saturated carbocycles. The number of carbonyl (C=O) groups is 1. The number of aryl methyl sites for hydroxylation is 1. The van der Waals surface area contributed by atoms with Crippen molar-refractivity contribution in [3.05, 3.63) is 62.5 Å². The first-order valence-electron chi connectivity index (χ1n) is 8.80. The van der Waals surface area contributed by atoms with Gasteiger partial charge in [-0.1, -0.05) is 11.6 Å².